The molecule has 0 bridgehead atoms. The molecule has 0 radical (unpaired) electrons. The number of piperidine rings is 1. The SMILES string of the molecule is Cc1ccn2nc(C(=O)N[C@@H]3CCNC[C@H]3O)cc2c1. The summed E-state index contributed by atoms with van der Waals surface area (Å²) in [4.78, 5) is 12.2. The fourth-order valence-electron chi connectivity index (χ4n) is 2.47. The molecule has 0 aromatic carbocycles. The second-order valence-corrected chi connectivity index (χ2v) is 5.24. The van der Waals surface area contributed by atoms with Crippen LogP contribution in [0.3, 0.4) is 0 Å². The van der Waals surface area contributed by atoms with Gasteiger partial charge in [-0.25, -0.2) is 4.52 Å². The Bertz CT molecular complexity index is 637. The maximum Gasteiger partial charge on any atom is 0.272 e. The Hall–Kier alpha value is -1.92. The number of β-amino-alcohol motifs (C(OH)–C–C–N with tert-alkyl or cyclic N) is 1. The molecule has 1 aliphatic heterocycles. The van der Waals surface area contributed by atoms with Crippen molar-refractivity contribution in [1.82, 2.24) is 20.2 Å². The number of rotatable bonds is 2. The van der Waals surface area contributed by atoms with E-state index in [1.807, 2.05) is 25.3 Å². The predicted molar refractivity (Wildman–Crippen MR) is 74.7 cm³/mol. The number of hydrogen-bond donors (Lipinski definition) is 3. The summed E-state index contributed by atoms with van der Waals surface area (Å²) in [5.41, 5.74) is 2.39. The molecule has 106 valence electrons. The van der Waals surface area contributed by atoms with Crippen LogP contribution in [0, 0.1) is 6.92 Å². The van der Waals surface area contributed by atoms with Crippen LogP contribution < -0.4 is 10.6 Å². The number of nitrogens with one attached hydrogen (secondary N) is 2. The minimum Gasteiger partial charge on any atom is -0.390 e. The largest absolute Gasteiger partial charge is 0.390 e. The van der Waals surface area contributed by atoms with E-state index in [9.17, 15) is 9.90 Å². The van der Waals surface area contributed by atoms with Gasteiger partial charge >= 0.3 is 0 Å². The van der Waals surface area contributed by atoms with E-state index in [-0.39, 0.29) is 11.9 Å². The average molecular weight is 274 g/mol. The van der Waals surface area contributed by atoms with E-state index in [0.29, 0.717) is 12.2 Å². The van der Waals surface area contributed by atoms with Gasteiger partial charge in [0.1, 0.15) is 0 Å². The Morgan fingerprint density at radius 1 is 1.55 bits per heavy atom. The van der Waals surface area contributed by atoms with E-state index in [1.54, 1.807) is 10.6 Å². The lowest BCUT2D eigenvalue weighted by atomic mass is 10.0. The minimum atomic E-state index is -0.549. The van der Waals surface area contributed by atoms with E-state index in [1.165, 1.54) is 0 Å². The number of aryl methyl sites for hydroxylation is 1. The highest BCUT2D eigenvalue weighted by Crippen LogP contribution is 2.10. The van der Waals surface area contributed by atoms with Gasteiger partial charge in [0.2, 0.25) is 0 Å². The number of pyridine rings is 1. The Labute approximate surface area is 116 Å². The van der Waals surface area contributed by atoms with Gasteiger partial charge in [-0.3, -0.25) is 4.79 Å². The van der Waals surface area contributed by atoms with Crippen LogP contribution in [0.4, 0.5) is 0 Å². The first kappa shape index (κ1) is 13.1. The molecule has 2 aromatic rings. The maximum atomic E-state index is 12.2. The topological polar surface area (TPSA) is 78.7 Å². The summed E-state index contributed by atoms with van der Waals surface area (Å²) in [6.45, 7) is 3.31. The summed E-state index contributed by atoms with van der Waals surface area (Å²) in [5.74, 6) is -0.239. The molecule has 2 atom stereocenters. The Morgan fingerprint density at radius 2 is 2.40 bits per heavy atom. The number of nitrogens with zero attached hydrogens (tertiary/aromatic N) is 2. The van der Waals surface area contributed by atoms with E-state index in [2.05, 4.69) is 15.7 Å². The molecule has 1 amide bonds. The van der Waals surface area contributed by atoms with E-state index in [4.69, 9.17) is 0 Å². The van der Waals surface area contributed by atoms with Gasteiger partial charge < -0.3 is 15.7 Å². The quantitative estimate of drug-likeness (QED) is 0.725. The molecule has 1 aliphatic rings. The molecule has 1 saturated heterocycles. The first-order valence-electron chi connectivity index (χ1n) is 6.79. The summed E-state index contributed by atoms with van der Waals surface area (Å²) in [5, 5.41) is 20.0. The van der Waals surface area contributed by atoms with Crippen LogP contribution in [-0.4, -0.2) is 45.9 Å². The Kier molecular flexibility index (Phi) is 3.42. The van der Waals surface area contributed by atoms with Crippen LogP contribution in [0.15, 0.2) is 24.4 Å². The van der Waals surface area contributed by atoms with Crippen LogP contribution in [-0.2, 0) is 0 Å². The zero-order valence-electron chi connectivity index (χ0n) is 11.3. The first-order chi connectivity index (χ1) is 9.63. The third-order valence-electron chi connectivity index (χ3n) is 3.62. The van der Waals surface area contributed by atoms with Gasteiger partial charge in [0.25, 0.3) is 5.91 Å². The van der Waals surface area contributed by atoms with Gasteiger partial charge in [0, 0.05) is 12.7 Å². The van der Waals surface area contributed by atoms with Crippen molar-refractivity contribution in [2.24, 2.45) is 0 Å². The fourth-order valence-corrected chi connectivity index (χ4v) is 2.47. The molecule has 3 N–H and O–H groups in total. The van der Waals surface area contributed by atoms with Gasteiger partial charge in [0.05, 0.1) is 17.7 Å². The van der Waals surface area contributed by atoms with Gasteiger partial charge in [-0.1, -0.05) is 0 Å². The number of carbonyl (C=O) groups is 1. The molecule has 0 aliphatic carbocycles. The minimum absolute atomic E-state index is 0.213. The molecular formula is C14H18N4O2. The zero-order chi connectivity index (χ0) is 14.1. The molecule has 3 rings (SSSR count). The highest BCUT2D eigenvalue weighted by Gasteiger charge is 2.25. The van der Waals surface area contributed by atoms with Crippen molar-refractivity contribution in [3.63, 3.8) is 0 Å². The van der Waals surface area contributed by atoms with Crippen LogP contribution in [0.5, 0.6) is 0 Å². The van der Waals surface area contributed by atoms with Crippen molar-refractivity contribution in [2.45, 2.75) is 25.5 Å². The number of aliphatic hydroxyl groups excluding tert-OH is 1. The monoisotopic (exact) mass is 274 g/mol. The van der Waals surface area contributed by atoms with Crippen molar-refractivity contribution in [1.29, 1.82) is 0 Å². The summed E-state index contributed by atoms with van der Waals surface area (Å²) in [6, 6.07) is 5.47. The highest BCUT2D eigenvalue weighted by molar-refractivity contribution is 5.93. The van der Waals surface area contributed by atoms with Crippen LogP contribution in [0.1, 0.15) is 22.5 Å². The first-order valence-corrected chi connectivity index (χ1v) is 6.79. The second-order valence-electron chi connectivity index (χ2n) is 5.24. The van der Waals surface area contributed by atoms with Crippen molar-refractivity contribution >= 4 is 11.4 Å². The number of hydrogen-bond acceptors (Lipinski definition) is 4. The van der Waals surface area contributed by atoms with Crippen molar-refractivity contribution < 1.29 is 9.90 Å². The third kappa shape index (κ3) is 2.52. The number of aliphatic hydroxyl groups is 1. The van der Waals surface area contributed by atoms with Gasteiger partial charge in [-0.15, -0.1) is 0 Å². The molecule has 0 saturated carbocycles. The maximum absolute atomic E-state index is 12.2. The highest BCUT2D eigenvalue weighted by atomic mass is 16.3. The summed E-state index contributed by atoms with van der Waals surface area (Å²) >= 11 is 0. The van der Waals surface area contributed by atoms with Gasteiger partial charge in [-0.2, -0.15) is 5.10 Å². The standard InChI is InChI=1S/C14H18N4O2/c1-9-3-5-18-10(6-9)7-12(17-18)14(20)16-11-2-4-15-8-13(11)19/h3,5-7,11,13,15,19H,2,4,8H2,1H3,(H,16,20)/t11-,13-/m1/s1. The number of carbonyl (C=O) groups excluding carboxylic acids is 1. The lowest BCUT2D eigenvalue weighted by Crippen LogP contribution is -2.52. The molecule has 20 heavy (non-hydrogen) atoms. The van der Waals surface area contributed by atoms with Crippen molar-refractivity contribution in [3.05, 3.63) is 35.7 Å². The summed E-state index contributed by atoms with van der Waals surface area (Å²) in [7, 11) is 0. The van der Waals surface area contributed by atoms with Crippen molar-refractivity contribution in [3.8, 4) is 0 Å². The van der Waals surface area contributed by atoms with Gasteiger partial charge in [0.15, 0.2) is 5.69 Å². The third-order valence-corrected chi connectivity index (χ3v) is 3.62. The lowest BCUT2D eigenvalue weighted by Gasteiger charge is -2.28. The second kappa shape index (κ2) is 5.22. The number of aromatic nitrogens is 2. The molecule has 1 fully saturated rings. The molecule has 2 aromatic heterocycles. The van der Waals surface area contributed by atoms with Crippen LogP contribution in [0.2, 0.25) is 0 Å². The molecule has 6 heteroatoms. The van der Waals surface area contributed by atoms with Crippen LogP contribution in [0.25, 0.3) is 5.52 Å². The predicted octanol–water partition coefficient (Wildman–Crippen LogP) is 0.0953. The molecule has 0 unspecified atom stereocenters. The van der Waals surface area contributed by atoms with Gasteiger partial charge in [-0.05, 0) is 43.7 Å². The smallest absolute Gasteiger partial charge is 0.272 e. The zero-order valence-corrected chi connectivity index (χ0v) is 11.3. The summed E-state index contributed by atoms with van der Waals surface area (Å²) < 4.78 is 1.68. The van der Waals surface area contributed by atoms with Crippen molar-refractivity contribution in [2.75, 3.05) is 13.1 Å². The Balaban J connectivity index is 1.78. The normalized spacial score (nSPS) is 22.9. The molecule has 6 nitrogen and oxygen atoms in total. The van der Waals surface area contributed by atoms with Crippen LogP contribution >= 0.6 is 0 Å². The lowest BCUT2D eigenvalue weighted by molar-refractivity contribution is 0.0761. The van der Waals surface area contributed by atoms with E-state index < -0.39 is 6.10 Å². The van der Waals surface area contributed by atoms with E-state index >= 15 is 0 Å². The summed E-state index contributed by atoms with van der Waals surface area (Å²) in [6.07, 6.45) is 2.01. The number of amides is 1. The number of fused-ring (bicyclic) bond motifs is 1. The molecule has 3 heterocycles. The fraction of sp³-hybridized carbons (Fsp3) is 0.429. The Morgan fingerprint density at radius 3 is 3.20 bits per heavy atom. The molecular weight excluding hydrogens is 256 g/mol. The average Bonchev–Trinajstić information content (AvgIpc) is 2.84. The molecule has 0 spiro atoms. The van der Waals surface area contributed by atoms with E-state index in [0.717, 1.165) is 24.0 Å².